The predicted molar refractivity (Wildman–Crippen MR) is 74.9 cm³/mol. The molecule has 1 aliphatic heterocycles. The Bertz CT molecular complexity index is 372. The Kier molecular flexibility index (Phi) is 4.53. The van der Waals surface area contributed by atoms with Gasteiger partial charge < -0.3 is 10.6 Å². The third-order valence-corrected chi connectivity index (χ3v) is 3.69. The van der Waals surface area contributed by atoms with Crippen molar-refractivity contribution in [1.29, 1.82) is 0 Å². The Hall–Kier alpha value is -1.16. The maximum Gasteiger partial charge on any atom is 0.225 e. The van der Waals surface area contributed by atoms with Crippen LogP contribution in [-0.4, -0.2) is 29.6 Å². The molecular weight excluding hydrogens is 224 g/mol. The van der Waals surface area contributed by atoms with Gasteiger partial charge in [-0.1, -0.05) is 12.8 Å². The van der Waals surface area contributed by atoms with Crippen LogP contribution in [0.2, 0.25) is 0 Å². The SMILES string of the molecule is Cc1nc(N2CCCCCC2)nc(C)c1CCN. The summed E-state index contributed by atoms with van der Waals surface area (Å²) in [5, 5.41) is 0. The van der Waals surface area contributed by atoms with Crippen LogP contribution in [0.3, 0.4) is 0 Å². The molecule has 2 N–H and O–H groups in total. The Labute approximate surface area is 110 Å². The van der Waals surface area contributed by atoms with E-state index in [2.05, 4.69) is 28.7 Å². The van der Waals surface area contributed by atoms with Gasteiger partial charge in [0, 0.05) is 24.5 Å². The van der Waals surface area contributed by atoms with Crippen molar-refractivity contribution in [2.45, 2.75) is 46.0 Å². The summed E-state index contributed by atoms with van der Waals surface area (Å²) in [4.78, 5) is 11.7. The van der Waals surface area contributed by atoms with E-state index in [-0.39, 0.29) is 0 Å². The smallest absolute Gasteiger partial charge is 0.225 e. The minimum Gasteiger partial charge on any atom is -0.341 e. The molecule has 0 aliphatic carbocycles. The topological polar surface area (TPSA) is 55.0 Å². The molecule has 18 heavy (non-hydrogen) atoms. The molecule has 0 atom stereocenters. The summed E-state index contributed by atoms with van der Waals surface area (Å²) < 4.78 is 0. The van der Waals surface area contributed by atoms with Crippen molar-refractivity contribution in [2.24, 2.45) is 5.73 Å². The van der Waals surface area contributed by atoms with Crippen molar-refractivity contribution in [3.05, 3.63) is 17.0 Å². The molecule has 0 amide bonds. The standard InChI is InChI=1S/C14H24N4/c1-11-13(7-8-15)12(2)17-14(16-11)18-9-5-3-4-6-10-18/h3-10,15H2,1-2H3. The fourth-order valence-corrected chi connectivity index (χ4v) is 2.64. The second kappa shape index (κ2) is 6.14. The van der Waals surface area contributed by atoms with E-state index in [0.29, 0.717) is 6.54 Å². The van der Waals surface area contributed by atoms with Crippen LogP contribution in [0.25, 0.3) is 0 Å². The number of aryl methyl sites for hydroxylation is 2. The van der Waals surface area contributed by atoms with Gasteiger partial charge in [0.1, 0.15) is 0 Å². The van der Waals surface area contributed by atoms with Crippen LogP contribution in [-0.2, 0) is 6.42 Å². The maximum atomic E-state index is 5.63. The molecule has 0 radical (unpaired) electrons. The lowest BCUT2D eigenvalue weighted by Crippen LogP contribution is -2.27. The molecular formula is C14H24N4. The lowest BCUT2D eigenvalue weighted by Gasteiger charge is -2.22. The molecule has 1 fully saturated rings. The summed E-state index contributed by atoms with van der Waals surface area (Å²) in [6.07, 6.45) is 6.05. The van der Waals surface area contributed by atoms with Crippen LogP contribution in [0.5, 0.6) is 0 Å². The van der Waals surface area contributed by atoms with Crippen LogP contribution in [0.15, 0.2) is 0 Å². The van der Waals surface area contributed by atoms with Crippen LogP contribution in [0.1, 0.15) is 42.6 Å². The van der Waals surface area contributed by atoms with E-state index in [1.807, 2.05) is 0 Å². The van der Waals surface area contributed by atoms with Crippen molar-refractivity contribution >= 4 is 5.95 Å². The number of aromatic nitrogens is 2. The predicted octanol–water partition coefficient (Wildman–Crippen LogP) is 1.98. The summed E-state index contributed by atoms with van der Waals surface area (Å²) in [7, 11) is 0. The molecule has 1 saturated heterocycles. The average Bonchev–Trinajstić information content (AvgIpc) is 2.62. The summed E-state index contributed by atoms with van der Waals surface area (Å²) in [6.45, 7) is 6.99. The molecule has 2 rings (SSSR count). The number of hydrogen-bond acceptors (Lipinski definition) is 4. The normalized spacial score (nSPS) is 16.7. The van der Waals surface area contributed by atoms with Gasteiger partial charge in [-0.2, -0.15) is 0 Å². The summed E-state index contributed by atoms with van der Waals surface area (Å²) >= 11 is 0. The van der Waals surface area contributed by atoms with Gasteiger partial charge in [-0.3, -0.25) is 0 Å². The molecule has 1 aromatic heterocycles. The summed E-state index contributed by atoms with van der Waals surface area (Å²) in [6, 6.07) is 0. The van der Waals surface area contributed by atoms with Crippen LogP contribution >= 0.6 is 0 Å². The fourth-order valence-electron chi connectivity index (χ4n) is 2.64. The summed E-state index contributed by atoms with van der Waals surface area (Å²) in [5.74, 6) is 0.910. The molecule has 100 valence electrons. The number of anilines is 1. The van der Waals surface area contributed by atoms with E-state index in [4.69, 9.17) is 5.73 Å². The molecule has 0 saturated carbocycles. The Morgan fingerprint density at radius 3 is 2.06 bits per heavy atom. The lowest BCUT2D eigenvalue weighted by molar-refractivity contribution is 0.726. The zero-order valence-electron chi connectivity index (χ0n) is 11.6. The molecule has 4 heteroatoms. The summed E-state index contributed by atoms with van der Waals surface area (Å²) in [5.41, 5.74) is 9.03. The molecule has 0 spiro atoms. The monoisotopic (exact) mass is 248 g/mol. The van der Waals surface area contributed by atoms with E-state index in [9.17, 15) is 0 Å². The van der Waals surface area contributed by atoms with Gasteiger partial charge >= 0.3 is 0 Å². The lowest BCUT2D eigenvalue weighted by atomic mass is 10.1. The first-order valence-corrected chi connectivity index (χ1v) is 7.01. The highest BCUT2D eigenvalue weighted by Crippen LogP contribution is 2.19. The van der Waals surface area contributed by atoms with Crippen molar-refractivity contribution in [3.8, 4) is 0 Å². The molecule has 2 heterocycles. The quantitative estimate of drug-likeness (QED) is 0.888. The second-order valence-corrected chi connectivity index (χ2v) is 5.11. The van der Waals surface area contributed by atoms with Crippen molar-refractivity contribution in [3.63, 3.8) is 0 Å². The minimum absolute atomic E-state index is 0.661. The zero-order chi connectivity index (χ0) is 13.0. The van der Waals surface area contributed by atoms with E-state index < -0.39 is 0 Å². The van der Waals surface area contributed by atoms with Gasteiger partial charge in [-0.15, -0.1) is 0 Å². The zero-order valence-corrected chi connectivity index (χ0v) is 11.6. The minimum atomic E-state index is 0.661. The highest BCUT2D eigenvalue weighted by molar-refractivity contribution is 5.36. The molecule has 1 aromatic rings. The van der Waals surface area contributed by atoms with Crippen LogP contribution in [0, 0.1) is 13.8 Å². The largest absolute Gasteiger partial charge is 0.341 e. The van der Waals surface area contributed by atoms with Crippen molar-refractivity contribution in [1.82, 2.24) is 9.97 Å². The van der Waals surface area contributed by atoms with E-state index in [1.54, 1.807) is 0 Å². The number of rotatable bonds is 3. The maximum absolute atomic E-state index is 5.63. The molecule has 4 nitrogen and oxygen atoms in total. The average molecular weight is 248 g/mol. The molecule has 0 aromatic carbocycles. The van der Waals surface area contributed by atoms with Gasteiger partial charge in [-0.05, 0) is 45.2 Å². The Morgan fingerprint density at radius 2 is 1.56 bits per heavy atom. The van der Waals surface area contributed by atoms with Gasteiger partial charge in [0.15, 0.2) is 0 Å². The van der Waals surface area contributed by atoms with Gasteiger partial charge in [0.2, 0.25) is 5.95 Å². The highest BCUT2D eigenvalue weighted by Gasteiger charge is 2.15. The van der Waals surface area contributed by atoms with Gasteiger partial charge in [0.25, 0.3) is 0 Å². The van der Waals surface area contributed by atoms with Crippen molar-refractivity contribution < 1.29 is 0 Å². The fraction of sp³-hybridized carbons (Fsp3) is 0.714. The van der Waals surface area contributed by atoms with Crippen molar-refractivity contribution in [2.75, 3.05) is 24.5 Å². The Morgan fingerprint density at radius 1 is 1.00 bits per heavy atom. The van der Waals surface area contributed by atoms with E-state index in [1.165, 1.54) is 31.2 Å². The Balaban J connectivity index is 2.23. The molecule has 0 unspecified atom stereocenters. The van der Waals surface area contributed by atoms with E-state index in [0.717, 1.165) is 36.8 Å². The second-order valence-electron chi connectivity index (χ2n) is 5.11. The number of nitrogens with zero attached hydrogens (tertiary/aromatic N) is 3. The van der Waals surface area contributed by atoms with Gasteiger partial charge in [0.05, 0.1) is 0 Å². The number of nitrogens with two attached hydrogens (primary N) is 1. The van der Waals surface area contributed by atoms with Gasteiger partial charge in [-0.25, -0.2) is 9.97 Å². The first kappa shape index (κ1) is 13.3. The molecule has 1 aliphatic rings. The highest BCUT2D eigenvalue weighted by atomic mass is 15.2. The van der Waals surface area contributed by atoms with Crippen LogP contribution in [0.4, 0.5) is 5.95 Å². The third kappa shape index (κ3) is 2.99. The molecule has 0 bridgehead atoms. The number of hydrogen-bond donors (Lipinski definition) is 1. The first-order chi connectivity index (χ1) is 8.72. The van der Waals surface area contributed by atoms with E-state index >= 15 is 0 Å². The third-order valence-electron chi connectivity index (χ3n) is 3.69. The first-order valence-electron chi connectivity index (χ1n) is 7.01. The van der Waals surface area contributed by atoms with Crippen LogP contribution < -0.4 is 10.6 Å².